The van der Waals surface area contributed by atoms with Crippen molar-refractivity contribution in [3.63, 3.8) is 0 Å². The highest BCUT2D eigenvalue weighted by molar-refractivity contribution is 5.76. The monoisotopic (exact) mass is 231 g/mol. The molecule has 0 aromatic heterocycles. The Morgan fingerprint density at radius 3 is 2.50 bits per heavy atom. The summed E-state index contributed by atoms with van der Waals surface area (Å²) >= 11 is 0. The number of aliphatic hydroxyl groups excluding tert-OH is 1. The van der Waals surface area contributed by atoms with Crippen LogP contribution >= 0.6 is 0 Å². The Morgan fingerprint density at radius 1 is 1.31 bits per heavy atom. The van der Waals surface area contributed by atoms with E-state index in [1.807, 2.05) is 6.92 Å². The third kappa shape index (κ3) is 6.76. The molecule has 0 atom stereocenters. The lowest BCUT2D eigenvalue weighted by molar-refractivity contribution is -0.130. The zero-order valence-electron chi connectivity index (χ0n) is 10.5. The predicted octanol–water partition coefficient (Wildman–Crippen LogP) is -0.502. The highest BCUT2D eigenvalue weighted by Crippen LogP contribution is 1.96. The molecule has 0 fully saturated rings. The standard InChI is InChI=1S/C11H25N3O2/c1-3-14(9-10-15)8-5-11(16)13(2)7-4-6-12/h15H,3-10,12H2,1-2H3. The number of hydrogen-bond donors (Lipinski definition) is 2. The number of hydrogen-bond acceptors (Lipinski definition) is 4. The Hall–Kier alpha value is -0.650. The lowest BCUT2D eigenvalue weighted by Gasteiger charge is -2.21. The van der Waals surface area contributed by atoms with E-state index in [-0.39, 0.29) is 12.5 Å². The number of aliphatic hydroxyl groups is 1. The molecule has 0 saturated carbocycles. The summed E-state index contributed by atoms with van der Waals surface area (Å²) in [5, 5.41) is 8.81. The molecule has 0 unspecified atom stereocenters. The first kappa shape index (κ1) is 15.3. The highest BCUT2D eigenvalue weighted by Gasteiger charge is 2.10. The minimum atomic E-state index is 0.143. The van der Waals surface area contributed by atoms with Crippen LogP contribution in [0.25, 0.3) is 0 Å². The molecule has 0 rings (SSSR count). The van der Waals surface area contributed by atoms with Crippen molar-refractivity contribution in [2.75, 3.05) is 46.4 Å². The number of carbonyl (C=O) groups is 1. The second-order valence-electron chi connectivity index (χ2n) is 3.87. The molecule has 0 aliphatic carbocycles. The number of nitrogens with zero attached hydrogens (tertiary/aromatic N) is 2. The zero-order valence-corrected chi connectivity index (χ0v) is 10.5. The minimum absolute atomic E-state index is 0.143. The predicted molar refractivity (Wildman–Crippen MR) is 65.1 cm³/mol. The van der Waals surface area contributed by atoms with E-state index in [9.17, 15) is 4.79 Å². The third-order valence-electron chi connectivity index (χ3n) is 2.63. The van der Waals surface area contributed by atoms with Crippen LogP contribution in [0.1, 0.15) is 19.8 Å². The molecular weight excluding hydrogens is 206 g/mol. The molecule has 0 aromatic carbocycles. The average molecular weight is 231 g/mol. The molecule has 5 nitrogen and oxygen atoms in total. The van der Waals surface area contributed by atoms with Gasteiger partial charge >= 0.3 is 0 Å². The maximum Gasteiger partial charge on any atom is 0.223 e. The van der Waals surface area contributed by atoms with Gasteiger partial charge < -0.3 is 20.6 Å². The van der Waals surface area contributed by atoms with Crippen molar-refractivity contribution >= 4 is 5.91 Å². The fourth-order valence-electron chi connectivity index (χ4n) is 1.47. The van der Waals surface area contributed by atoms with E-state index in [1.165, 1.54) is 0 Å². The number of carbonyl (C=O) groups excluding carboxylic acids is 1. The van der Waals surface area contributed by atoms with Crippen LogP contribution in [0.3, 0.4) is 0 Å². The van der Waals surface area contributed by atoms with Crippen molar-refractivity contribution in [3.8, 4) is 0 Å². The van der Waals surface area contributed by atoms with Gasteiger partial charge in [-0.1, -0.05) is 6.92 Å². The van der Waals surface area contributed by atoms with Crippen LogP contribution in [-0.2, 0) is 4.79 Å². The van der Waals surface area contributed by atoms with Gasteiger partial charge in [-0.2, -0.15) is 0 Å². The SMILES string of the molecule is CCN(CCO)CCC(=O)N(C)CCCN. The summed E-state index contributed by atoms with van der Waals surface area (Å²) in [6, 6.07) is 0. The van der Waals surface area contributed by atoms with Gasteiger partial charge in [0.15, 0.2) is 0 Å². The van der Waals surface area contributed by atoms with Crippen molar-refractivity contribution in [1.82, 2.24) is 9.80 Å². The molecule has 1 amide bonds. The van der Waals surface area contributed by atoms with E-state index < -0.39 is 0 Å². The van der Waals surface area contributed by atoms with Gasteiger partial charge in [-0.3, -0.25) is 4.79 Å². The summed E-state index contributed by atoms with van der Waals surface area (Å²) in [7, 11) is 1.81. The Labute approximate surface area is 98.2 Å². The summed E-state index contributed by atoms with van der Waals surface area (Å²) in [5.41, 5.74) is 5.39. The molecule has 0 heterocycles. The van der Waals surface area contributed by atoms with E-state index in [0.717, 1.165) is 19.5 Å². The second kappa shape index (κ2) is 9.57. The van der Waals surface area contributed by atoms with Gasteiger partial charge in [0, 0.05) is 33.1 Å². The van der Waals surface area contributed by atoms with Crippen LogP contribution in [-0.4, -0.2) is 67.2 Å². The molecule has 0 aromatic rings. The molecule has 5 heteroatoms. The van der Waals surface area contributed by atoms with Gasteiger partial charge in [0.1, 0.15) is 0 Å². The normalized spacial score (nSPS) is 10.8. The average Bonchev–Trinajstić information content (AvgIpc) is 2.30. The van der Waals surface area contributed by atoms with Gasteiger partial charge in [-0.25, -0.2) is 0 Å². The molecule has 0 bridgehead atoms. The fraction of sp³-hybridized carbons (Fsp3) is 0.909. The molecular formula is C11H25N3O2. The summed E-state index contributed by atoms with van der Waals surface area (Å²) < 4.78 is 0. The van der Waals surface area contributed by atoms with Gasteiger partial charge in [-0.15, -0.1) is 0 Å². The lowest BCUT2D eigenvalue weighted by atomic mass is 10.3. The van der Waals surface area contributed by atoms with E-state index in [1.54, 1.807) is 11.9 Å². The van der Waals surface area contributed by atoms with E-state index in [2.05, 4.69) is 4.90 Å². The summed E-state index contributed by atoms with van der Waals surface area (Å²) in [6.45, 7) is 5.72. The Balaban J connectivity index is 3.76. The highest BCUT2D eigenvalue weighted by atomic mass is 16.3. The largest absolute Gasteiger partial charge is 0.395 e. The van der Waals surface area contributed by atoms with Gasteiger partial charge in [0.25, 0.3) is 0 Å². The van der Waals surface area contributed by atoms with Crippen LogP contribution in [0.4, 0.5) is 0 Å². The second-order valence-corrected chi connectivity index (χ2v) is 3.87. The minimum Gasteiger partial charge on any atom is -0.395 e. The van der Waals surface area contributed by atoms with Gasteiger partial charge in [-0.05, 0) is 19.5 Å². The van der Waals surface area contributed by atoms with Crippen molar-refractivity contribution in [1.29, 1.82) is 0 Å². The Bertz CT molecular complexity index is 188. The van der Waals surface area contributed by atoms with Crippen molar-refractivity contribution in [2.24, 2.45) is 5.73 Å². The molecule has 0 aliphatic heterocycles. The number of amides is 1. The molecule has 96 valence electrons. The number of likely N-dealkylation sites (N-methyl/N-ethyl adjacent to an activating group) is 1. The molecule has 16 heavy (non-hydrogen) atoms. The van der Waals surface area contributed by atoms with Crippen LogP contribution in [0.5, 0.6) is 0 Å². The van der Waals surface area contributed by atoms with Crippen LogP contribution < -0.4 is 5.73 Å². The molecule has 0 radical (unpaired) electrons. The van der Waals surface area contributed by atoms with E-state index >= 15 is 0 Å². The van der Waals surface area contributed by atoms with E-state index in [0.29, 0.717) is 26.1 Å². The maximum atomic E-state index is 11.7. The van der Waals surface area contributed by atoms with Crippen LogP contribution in [0, 0.1) is 0 Å². The zero-order chi connectivity index (χ0) is 12.4. The van der Waals surface area contributed by atoms with Crippen LogP contribution in [0.2, 0.25) is 0 Å². The molecule has 0 spiro atoms. The summed E-state index contributed by atoms with van der Waals surface area (Å²) in [6.07, 6.45) is 1.35. The summed E-state index contributed by atoms with van der Waals surface area (Å²) in [4.78, 5) is 15.5. The van der Waals surface area contributed by atoms with Crippen LogP contribution in [0.15, 0.2) is 0 Å². The van der Waals surface area contributed by atoms with Crippen molar-refractivity contribution in [2.45, 2.75) is 19.8 Å². The fourth-order valence-corrected chi connectivity index (χ4v) is 1.47. The first-order valence-corrected chi connectivity index (χ1v) is 5.92. The molecule has 3 N–H and O–H groups in total. The first-order valence-electron chi connectivity index (χ1n) is 5.92. The maximum absolute atomic E-state index is 11.7. The van der Waals surface area contributed by atoms with E-state index in [4.69, 9.17) is 10.8 Å². The van der Waals surface area contributed by atoms with Crippen molar-refractivity contribution in [3.05, 3.63) is 0 Å². The number of rotatable bonds is 9. The molecule has 0 saturated heterocycles. The summed E-state index contributed by atoms with van der Waals surface area (Å²) in [5.74, 6) is 0.143. The topological polar surface area (TPSA) is 69.8 Å². The van der Waals surface area contributed by atoms with Crippen molar-refractivity contribution < 1.29 is 9.90 Å². The Kier molecular flexibility index (Phi) is 9.18. The molecule has 0 aliphatic rings. The van der Waals surface area contributed by atoms with Gasteiger partial charge in [0.2, 0.25) is 5.91 Å². The number of nitrogens with two attached hydrogens (primary N) is 1. The lowest BCUT2D eigenvalue weighted by Crippen LogP contribution is -2.34. The first-order chi connectivity index (χ1) is 7.65. The smallest absolute Gasteiger partial charge is 0.223 e. The van der Waals surface area contributed by atoms with Gasteiger partial charge in [0.05, 0.1) is 6.61 Å². The third-order valence-corrected chi connectivity index (χ3v) is 2.63. The quantitative estimate of drug-likeness (QED) is 0.561. The Morgan fingerprint density at radius 2 is 2.00 bits per heavy atom.